The molecule has 0 spiro atoms. The van der Waals surface area contributed by atoms with Crippen LogP contribution >= 0.6 is 0 Å². The minimum absolute atomic E-state index is 0.121. The summed E-state index contributed by atoms with van der Waals surface area (Å²) in [5.74, 6) is 1.41. The van der Waals surface area contributed by atoms with Gasteiger partial charge in [0, 0.05) is 6.54 Å². The van der Waals surface area contributed by atoms with Crippen LogP contribution in [0.2, 0.25) is 0 Å². The molecule has 2 rings (SSSR count). The van der Waals surface area contributed by atoms with Crippen LogP contribution in [0.15, 0.2) is 42.5 Å². The molecule has 4 heteroatoms. The first-order valence-electron chi connectivity index (χ1n) is 8.62. The van der Waals surface area contributed by atoms with Crippen LogP contribution in [0.4, 0.5) is 0 Å². The zero-order valence-electron chi connectivity index (χ0n) is 15.6. The Balaban J connectivity index is 1.92. The molecule has 1 atom stereocenters. The molecule has 0 aliphatic heterocycles. The summed E-state index contributed by atoms with van der Waals surface area (Å²) in [6.07, 6.45) is -0.438. The fourth-order valence-electron chi connectivity index (χ4n) is 2.41. The van der Waals surface area contributed by atoms with Crippen LogP contribution < -0.4 is 14.8 Å². The van der Waals surface area contributed by atoms with Crippen molar-refractivity contribution in [3.8, 4) is 11.5 Å². The van der Waals surface area contributed by atoms with Crippen molar-refractivity contribution in [3.05, 3.63) is 59.2 Å². The highest BCUT2D eigenvalue weighted by Crippen LogP contribution is 2.20. The molecule has 0 aromatic heterocycles. The first-order chi connectivity index (χ1) is 11.8. The lowest BCUT2D eigenvalue weighted by molar-refractivity contribution is -0.127. The van der Waals surface area contributed by atoms with E-state index in [9.17, 15) is 4.79 Å². The van der Waals surface area contributed by atoms with Crippen LogP contribution in [0.1, 0.15) is 37.5 Å². The van der Waals surface area contributed by atoms with Gasteiger partial charge in [-0.25, -0.2) is 0 Å². The third-order valence-electron chi connectivity index (χ3n) is 3.75. The molecular formula is C21H27NO3. The Labute approximate surface area is 150 Å². The largest absolute Gasteiger partial charge is 0.491 e. The topological polar surface area (TPSA) is 47.6 Å². The zero-order chi connectivity index (χ0) is 18.4. The number of carbonyl (C=O) groups excluding carboxylic acids is 1. The SMILES string of the molecule is Cc1ccc(C)c(OC(C)C(=O)NCc2cccc(OC(C)C)c2)c1. The maximum absolute atomic E-state index is 12.3. The quantitative estimate of drug-likeness (QED) is 0.822. The smallest absolute Gasteiger partial charge is 0.261 e. The fraction of sp³-hybridized carbons (Fsp3) is 0.381. The Bertz CT molecular complexity index is 725. The summed E-state index contributed by atoms with van der Waals surface area (Å²) < 4.78 is 11.5. The molecule has 4 nitrogen and oxygen atoms in total. The van der Waals surface area contributed by atoms with Crippen molar-refractivity contribution in [2.24, 2.45) is 0 Å². The third-order valence-corrected chi connectivity index (χ3v) is 3.75. The first kappa shape index (κ1) is 18.8. The van der Waals surface area contributed by atoms with E-state index in [1.54, 1.807) is 6.92 Å². The van der Waals surface area contributed by atoms with Crippen LogP contribution in [0.5, 0.6) is 11.5 Å². The number of hydrogen-bond donors (Lipinski definition) is 1. The number of nitrogens with one attached hydrogen (secondary N) is 1. The summed E-state index contributed by atoms with van der Waals surface area (Å²) >= 11 is 0. The summed E-state index contributed by atoms with van der Waals surface area (Å²) in [6.45, 7) is 10.1. The van der Waals surface area contributed by atoms with Gasteiger partial charge in [0.1, 0.15) is 11.5 Å². The van der Waals surface area contributed by atoms with Crippen molar-refractivity contribution < 1.29 is 14.3 Å². The molecule has 1 amide bonds. The normalized spacial score (nSPS) is 11.9. The van der Waals surface area contributed by atoms with Crippen molar-refractivity contribution in [2.75, 3.05) is 0 Å². The van der Waals surface area contributed by atoms with E-state index in [-0.39, 0.29) is 12.0 Å². The lowest BCUT2D eigenvalue weighted by Crippen LogP contribution is -2.36. The van der Waals surface area contributed by atoms with E-state index in [4.69, 9.17) is 9.47 Å². The minimum Gasteiger partial charge on any atom is -0.491 e. The highest BCUT2D eigenvalue weighted by atomic mass is 16.5. The van der Waals surface area contributed by atoms with Crippen molar-refractivity contribution in [1.82, 2.24) is 5.32 Å². The van der Waals surface area contributed by atoms with Gasteiger partial charge in [-0.1, -0.05) is 24.3 Å². The molecule has 1 unspecified atom stereocenters. The Morgan fingerprint density at radius 1 is 1.04 bits per heavy atom. The average molecular weight is 341 g/mol. The average Bonchev–Trinajstić information content (AvgIpc) is 2.55. The second kappa shape index (κ2) is 8.56. The summed E-state index contributed by atoms with van der Waals surface area (Å²) in [4.78, 5) is 12.3. The van der Waals surface area contributed by atoms with E-state index >= 15 is 0 Å². The van der Waals surface area contributed by atoms with Crippen LogP contribution in [0.3, 0.4) is 0 Å². The van der Waals surface area contributed by atoms with Crippen molar-refractivity contribution in [2.45, 2.75) is 53.4 Å². The van der Waals surface area contributed by atoms with E-state index in [0.717, 1.165) is 28.2 Å². The van der Waals surface area contributed by atoms with Gasteiger partial charge in [-0.15, -0.1) is 0 Å². The molecular weight excluding hydrogens is 314 g/mol. The highest BCUT2D eigenvalue weighted by Gasteiger charge is 2.15. The van der Waals surface area contributed by atoms with Gasteiger partial charge in [0.25, 0.3) is 5.91 Å². The van der Waals surface area contributed by atoms with E-state index in [1.807, 2.05) is 70.2 Å². The molecule has 0 aliphatic carbocycles. The predicted octanol–water partition coefficient (Wildman–Crippen LogP) is 4.17. The molecule has 0 saturated carbocycles. The van der Waals surface area contributed by atoms with E-state index < -0.39 is 6.10 Å². The van der Waals surface area contributed by atoms with Gasteiger partial charge in [-0.3, -0.25) is 4.79 Å². The molecule has 0 saturated heterocycles. The lowest BCUT2D eigenvalue weighted by atomic mass is 10.1. The number of ether oxygens (including phenoxy) is 2. The molecule has 25 heavy (non-hydrogen) atoms. The minimum atomic E-state index is -0.560. The Hall–Kier alpha value is -2.49. The Morgan fingerprint density at radius 2 is 1.80 bits per heavy atom. The van der Waals surface area contributed by atoms with Crippen LogP contribution in [-0.2, 0) is 11.3 Å². The van der Waals surface area contributed by atoms with Gasteiger partial charge >= 0.3 is 0 Å². The molecule has 134 valence electrons. The van der Waals surface area contributed by atoms with Crippen molar-refractivity contribution in [3.63, 3.8) is 0 Å². The Kier molecular flexibility index (Phi) is 6.45. The number of rotatable bonds is 7. The van der Waals surface area contributed by atoms with E-state index in [1.165, 1.54) is 0 Å². The summed E-state index contributed by atoms with van der Waals surface area (Å²) in [5.41, 5.74) is 3.12. The Morgan fingerprint density at radius 3 is 2.52 bits per heavy atom. The van der Waals surface area contributed by atoms with Gasteiger partial charge in [-0.2, -0.15) is 0 Å². The summed E-state index contributed by atoms with van der Waals surface area (Å²) in [6, 6.07) is 13.7. The monoisotopic (exact) mass is 341 g/mol. The number of hydrogen-bond acceptors (Lipinski definition) is 3. The van der Waals surface area contributed by atoms with Gasteiger partial charge in [0.15, 0.2) is 6.10 Å². The first-order valence-corrected chi connectivity index (χ1v) is 8.62. The molecule has 2 aromatic carbocycles. The van der Waals surface area contributed by atoms with Gasteiger partial charge < -0.3 is 14.8 Å². The van der Waals surface area contributed by atoms with Gasteiger partial charge in [0.05, 0.1) is 6.10 Å². The maximum atomic E-state index is 12.3. The maximum Gasteiger partial charge on any atom is 0.261 e. The molecule has 0 aliphatic rings. The second-order valence-corrected chi connectivity index (χ2v) is 6.56. The second-order valence-electron chi connectivity index (χ2n) is 6.56. The van der Waals surface area contributed by atoms with Crippen LogP contribution in [0, 0.1) is 13.8 Å². The van der Waals surface area contributed by atoms with Gasteiger partial charge in [0.2, 0.25) is 0 Å². The molecule has 0 fully saturated rings. The third kappa shape index (κ3) is 5.82. The van der Waals surface area contributed by atoms with Crippen LogP contribution in [0.25, 0.3) is 0 Å². The molecule has 0 heterocycles. The molecule has 2 aromatic rings. The highest BCUT2D eigenvalue weighted by molar-refractivity contribution is 5.80. The number of benzene rings is 2. The number of aryl methyl sites for hydroxylation is 2. The van der Waals surface area contributed by atoms with Crippen molar-refractivity contribution >= 4 is 5.91 Å². The summed E-state index contributed by atoms with van der Waals surface area (Å²) in [5, 5.41) is 2.91. The fourth-order valence-corrected chi connectivity index (χ4v) is 2.41. The number of amides is 1. The van der Waals surface area contributed by atoms with Crippen LogP contribution in [-0.4, -0.2) is 18.1 Å². The molecule has 0 radical (unpaired) electrons. The lowest BCUT2D eigenvalue weighted by Gasteiger charge is -2.17. The van der Waals surface area contributed by atoms with E-state index in [0.29, 0.717) is 6.54 Å². The van der Waals surface area contributed by atoms with Crippen molar-refractivity contribution in [1.29, 1.82) is 0 Å². The molecule has 1 N–H and O–H groups in total. The summed E-state index contributed by atoms with van der Waals surface area (Å²) in [7, 11) is 0. The predicted molar refractivity (Wildman–Crippen MR) is 100 cm³/mol. The molecule has 0 bridgehead atoms. The zero-order valence-corrected chi connectivity index (χ0v) is 15.6. The standard InChI is InChI=1S/C21H27NO3/c1-14(2)24-19-8-6-7-18(12-19)13-22-21(23)17(5)25-20-11-15(3)9-10-16(20)4/h6-12,14,17H,13H2,1-5H3,(H,22,23). The van der Waals surface area contributed by atoms with Gasteiger partial charge in [-0.05, 0) is 69.5 Å². The van der Waals surface area contributed by atoms with E-state index in [2.05, 4.69) is 5.32 Å². The number of carbonyl (C=O) groups is 1.